The Morgan fingerprint density at radius 2 is 1.77 bits per heavy atom. The topological polar surface area (TPSA) is 104 Å². The number of Topliss-reactive ketones (excluding diaryl/α,β-unsaturated/α-hetero) is 1. The van der Waals surface area contributed by atoms with Crippen LogP contribution in [0.3, 0.4) is 0 Å². The van der Waals surface area contributed by atoms with E-state index in [1.54, 1.807) is 18.3 Å². The Labute approximate surface area is 169 Å². The van der Waals surface area contributed by atoms with Crippen LogP contribution in [-0.4, -0.2) is 35.4 Å². The van der Waals surface area contributed by atoms with Gasteiger partial charge in [-0.3, -0.25) is 14.6 Å². The van der Waals surface area contributed by atoms with Gasteiger partial charge in [0.2, 0.25) is 13.6 Å². The van der Waals surface area contributed by atoms with Crippen LogP contribution in [-0.2, 0) is 4.79 Å². The standard InChI is InChI=1S/C22H15NO7/c24-14-6-13(22(25)26)18(11-1-2-15-21(19(11)14)30-9-27-15)20-12-7-17-16(28-8-29-17)5-10(12)3-4-23-20/h1-5,7,13,18H,6,8-9H2,(H,25,26)/t13-,18+/m0/s1. The monoisotopic (exact) mass is 405 g/mol. The zero-order chi connectivity index (χ0) is 20.4. The first-order valence-electron chi connectivity index (χ1n) is 9.48. The van der Waals surface area contributed by atoms with Gasteiger partial charge in [0.25, 0.3) is 0 Å². The molecule has 3 aliphatic rings. The fraction of sp³-hybridized carbons (Fsp3) is 0.227. The number of carboxylic acid groups (broad SMARTS) is 1. The molecule has 2 aliphatic heterocycles. The highest BCUT2D eigenvalue weighted by atomic mass is 16.7. The van der Waals surface area contributed by atoms with Crippen LogP contribution in [0.5, 0.6) is 23.0 Å². The first-order valence-corrected chi connectivity index (χ1v) is 9.48. The lowest BCUT2D eigenvalue weighted by atomic mass is 9.71. The van der Waals surface area contributed by atoms with Gasteiger partial charge in [0.15, 0.2) is 28.8 Å². The Kier molecular flexibility index (Phi) is 3.47. The molecular weight excluding hydrogens is 390 g/mol. The number of hydrogen-bond acceptors (Lipinski definition) is 7. The van der Waals surface area contributed by atoms with E-state index in [0.717, 1.165) is 10.8 Å². The number of ether oxygens (including phenoxy) is 4. The second-order valence-corrected chi connectivity index (χ2v) is 7.44. The number of carbonyl (C=O) groups is 2. The minimum atomic E-state index is -1.05. The molecular formula is C22H15NO7. The molecule has 1 N–H and O–H groups in total. The van der Waals surface area contributed by atoms with Crippen molar-refractivity contribution < 1.29 is 33.6 Å². The number of carbonyl (C=O) groups excluding carboxylic acids is 1. The quantitative estimate of drug-likeness (QED) is 0.694. The van der Waals surface area contributed by atoms with Crippen molar-refractivity contribution in [2.45, 2.75) is 12.3 Å². The van der Waals surface area contributed by atoms with Crippen LogP contribution < -0.4 is 18.9 Å². The molecule has 0 unspecified atom stereocenters. The Morgan fingerprint density at radius 1 is 1.00 bits per heavy atom. The first-order chi connectivity index (χ1) is 14.6. The average molecular weight is 405 g/mol. The molecule has 3 aromatic rings. The number of pyridine rings is 1. The number of carboxylic acids is 1. The first kappa shape index (κ1) is 17.1. The predicted molar refractivity (Wildman–Crippen MR) is 102 cm³/mol. The van der Waals surface area contributed by atoms with Gasteiger partial charge in [-0.1, -0.05) is 6.07 Å². The molecule has 3 heterocycles. The van der Waals surface area contributed by atoms with Gasteiger partial charge < -0.3 is 24.1 Å². The lowest BCUT2D eigenvalue weighted by molar-refractivity contribution is -0.142. The van der Waals surface area contributed by atoms with Crippen LogP contribution in [0.2, 0.25) is 0 Å². The van der Waals surface area contributed by atoms with Gasteiger partial charge in [-0.25, -0.2) is 0 Å². The zero-order valence-corrected chi connectivity index (χ0v) is 15.6. The van der Waals surface area contributed by atoms with Crippen molar-refractivity contribution in [3.8, 4) is 23.0 Å². The largest absolute Gasteiger partial charge is 0.481 e. The minimum Gasteiger partial charge on any atom is -0.481 e. The molecule has 8 heteroatoms. The summed E-state index contributed by atoms with van der Waals surface area (Å²) in [5.41, 5.74) is 1.54. The Hall–Kier alpha value is -3.81. The molecule has 0 radical (unpaired) electrons. The number of rotatable bonds is 2. The van der Waals surface area contributed by atoms with Crippen molar-refractivity contribution in [1.29, 1.82) is 0 Å². The fourth-order valence-electron chi connectivity index (χ4n) is 4.57. The molecule has 30 heavy (non-hydrogen) atoms. The van der Waals surface area contributed by atoms with Crippen molar-refractivity contribution in [3.05, 3.63) is 53.3 Å². The number of ketones is 1. The molecule has 0 fully saturated rings. The molecule has 2 atom stereocenters. The van der Waals surface area contributed by atoms with E-state index >= 15 is 0 Å². The van der Waals surface area contributed by atoms with Gasteiger partial charge in [0, 0.05) is 23.9 Å². The third-order valence-corrected chi connectivity index (χ3v) is 5.89. The van der Waals surface area contributed by atoms with E-state index < -0.39 is 17.8 Å². The Balaban J connectivity index is 1.62. The second kappa shape index (κ2) is 6.09. The lowest BCUT2D eigenvalue weighted by Gasteiger charge is -2.31. The third-order valence-electron chi connectivity index (χ3n) is 5.89. The van der Waals surface area contributed by atoms with Crippen LogP contribution in [0, 0.1) is 5.92 Å². The van der Waals surface area contributed by atoms with Crippen LogP contribution >= 0.6 is 0 Å². The average Bonchev–Trinajstić information content (AvgIpc) is 3.40. The lowest BCUT2D eigenvalue weighted by Crippen LogP contribution is -2.32. The van der Waals surface area contributed by atoms with Crippen LogP contribution in [0.25, 0.3) is 10.8 Å². The van der Waals surface area contributed by atoms with E-state index in [4.69, 9.17) is 18.9 Å². The summed E-state index contributed by atoms with van der Waals surface area (Å²) in [6.07, 6.45) is 1.50. The number of aliphatic carboxylic acids is 1. The highest BCUT2D eigenvalue weighted by molar-refractivity contribution is 6.05. The van der Waals surface area contributed by atoms with Gasteiger partial charge in [-0.15, -0.1) is 0 Å². The van der Waals surface area contributed by atoms with E-state index in [1.165, 1.54) is 0 Å². The van der Waals surface area contributed by atoms with Crippen LogP contribution in [0.4, 0.5) is 0 Å². The number of fused-ring (bicyclic) bond motifs is 5. The molecule has 6 rings (SSSR count). The summed E-state index contributed by atoms with van der Waals surface area (Å²) < 4.78 is 21.9. The smallest absolute Gasteiger partial charge is 0.307 e. The molecule has 0 saturated carbocycles. The number of hydrogen-bond donors (Lipinski definition) is 1. The van der Waals surface area contributed by atoms with E-state index in [0.29, 0.717) is 39.8 Å². The maximum Gasteiger partial charge on any atom is 0.307 e. The Bertz CT molecular complexity index is 1250. The van der Waals surface area contributed by atoms with E-state index in [1.807, 2.05) is 18.2 Å². The third kappa shape index (κ3) is 2.30. The predicted octanol–water partition coefficient (Wildman–Crippen LogP) is 3.11. The summed E-state index contributed by atoms with van der Waals surface area (Å²) in [7, 11) is 0. The molecule has 150 valence electrons. The molecule has 0 spiro atoms. The normalized spacial score (nSPS) is 21.0. The molecule has 8 nitrogen and oxygen atoms in total. The SMILES string of the molecule is O=C1C[C@H](C(=O)O)[C@H](c2nccc3cc4c(cc23)OCO4)c2ccc3c(c21)OCO3. The van der Waals surface area contributed by atoms with Crippen LogP contribution in [0.1, 0.15) is 34.0 Å². The number of benzene rings is 2. The van der Waals surface area contributed by atoms with Crippen molar-refractivity contribution in [1.82, 2.24) is 4.98 Å². The maximum absolute atomic E-state index is 12.9. The number of nitrogens with zero attached hydrogens (tertiary/aromatic N) is 1. The van der Waals surface area contributed by atoms with E-state index in [9.17, 15) is 14.7 Å². The van der Waals surface area contributed by atoms with E-state index in [2.05, 4.69) is 4.98 Å². The van der Waals surface area contributed by atoms with Crippen molar-refractivity contribution in [3.63, 3.8) is 0 Å². The highest BCUT2D eigenvalue weighted by Crippen LogP contribution is 2.49. The molecule has 1 aliphatic carbocycles. The van der Waals surface area contributed by atoms with Crippen molar-refractivity contribution in [2.24, 2.45) is 5.92 Å². The van der Waals surface area contributed by atoms with Gasteiger partial charge in [0.05, 0.1) is 17.2 Å². The summed E-state index contributed by atoms with van der Waals surface area (Å²) in [5, 5.41) is 11.6. The molecule has 0 bridgehead atoms. The fourth-order valence-corrected chi connectivity index (χ4v) is 4.57. The molecule has 1 aromatic heterocycles. The molecule has 0 saturated heterocycles. The summed E-state index contributed by atoms with van der Waals surface area (Å²) in [6, 6.07) is 8.97. The van der Waals surface area contributed by atoms with Crippen molar-refractivity contribution in [2.75, 3.05) is 13.6 Å². The summed E-state index contributed by atoms with van der Waals surface area (Å²) in [5.74, 6) is -0.806. The van der Waals surface area contributed by atoms with Gasteiger partial charge in [-0.2, -0.15) is 0 Å². The molecule has 2 aromatic carbocycles. The van der Waals surface area contributed by atoms with Crippen molar-refractivity contribution >= 4 is 22.5 Å². The summed E-state index contributed by atoms with van der Waals surface area (Å²) in [4.78, 5) is 29.6. The second-order valence-electron chi connectivity index (χ2n) is 7.44. The summed E-state index contributed by atoms with van der Waals surface area (Å²) in [6.45, 7) is 0.165. The number of aromatic nitrogens is 1. The highest BCUT2D eigenvalue weighted by Gasteiger charge is 2.43. The van der Waals surface area contributed by atoms with E-state index in [-0.39, 0.29) is 25.8 Å². The zero-order valence-electron chi connectivity index (χ0n) is 15.6. The minimum absolute atomic E-state index is 0.0298. The Morgan fingerprint density at radius 3 is 2.60 bits per heavy atom. The summed E-state index contributed by atoms with van der Waals surface area (Å²) >= 11 is 0. The van der Waals surface area contributed by atoms with Gasteiger partial charge >= 0.3 is 5.97 Å². The maximum atomic E-state index is 12.9. The van der Waals surface area contributed by atoms with Crippen LogP contribution in [0.15, 0.2) is 36.5 Å². The van der Waals surface area contributed by atoms with Gasteiger partial charge in [-0.05, 0) is 35.2 Å². The van der Waals surface area contributed by atoms with Gasteiger partial charge in [0.1, 0.15) is 0 Å². The molecule has 0 amide bonds.